The normalized spacial score (nSPS) is 10.7. The monoisotopic (exact) mass is 893 g/mol. The molecule has 0 unspecified atom stereocenters. The van der Waals surface area contributed by atoms with Crippen molar-refractivity contribution in [3.05, 3.63) is 202 Å². The molecule has 66 heavy (non-hydrogen) atoms. The molecule has 6 aromatic carbocycles. The van der Waals surface area contributed by atoms with Gasteiger partial charge in [-0.15, -0.1) is 0 Å². The molecule has 2 amide bonds. The predicted molar refractivity (Wildman–Crippen MR) is 263 cm³/mol. The van der Waals surface area contributed by atoms with E-state index in [1.807, 2.05) is 76.2 Å². The summed E-state index contributed by atoms with van der Waals surface area (Å²) in [5.74, 6) is -2.08. The van der Waals surface area contributed by atoms with E-state index in [4.69, 9.17) is 0 Å². The molecule has 0 bridgehead atoms. The van der Waals surface area contributed by atoms with Gasteiger partial charge in [-0.05, 0) is 88.8 Å². The van der Waals surface area contributed by atoms with Gasteiger partial charge in [0.05, 0.1) is 38.1 Å². The van der Waals surface area contributed by atoms with E-state index in [0.717, 1.165) is 81.9 Å². The number of quaternary nitrogens is 2. The van der Waals surface area contributed by atoms with E-state index in [2.05, 4.69) is 86.9 Å². The Labute approximate surface area is 392 Å². The quantitative estimate of drug-likeness (QED) is 0.0933. The summed E-state index contributed by atoms with van der Waals surface area (Å²) in [5, 5.41) is 26.4. The maximum atomic E-state index is 12.7. The summed E-state index contributed by atoms with van der Waals surface area (Å²) in [6, 6.07) is 49.2. The lowest BCUT2D eigenvalue weighted by molar-refractivity contribution is -0.930. The molecule has 6 aromatic rings. The summed E-state index contributed by atoms with van der Waals surface area (Å²) < 4.78 is 1.53. The number of para-hydroxylation sites is 2. The molecule has 0 fully saturated rings. The largest absolute Gasteiger partial charge is 0.545 e. The summed E-state index contributed by atoms with van der Waals surface area (Å²) in [6.45, 7) is 23.3. The summed E-state index contributed by atoms with van der Waals surface area (Å²) in [4.78, 5) is 45.6. The van der Waals surface area contributed by atoms with Crippen LogP contribution in [0.4, 0.5) is 11.4 Å². The second kappa shape index (κ2) is 27.4. The minimum absolute atomic E-state index is 0.0898. The molecule has 0 aliphatic heterocycles. The topological polar surface area (TPSA) is 138 Å². The van der Waals surface area contributed by atoms with E-state index in [-0.39, 0.29) is 22.9 Å². The van der Waals surface area contributed by atoms with Gasteiger partial charge in [-0.1, -0.05) is 158 Å². The first kappa shape index (κ1) is 53.5. The number of nitrogens with one attached hydrogen (secondary N) is 2. The molecular weight excluding hydrogens is 825 g/mol. The van der Waals surface area contributed by atoms with Crippen LogP contribution in [0.5, 0.6) is 0 Å². The minimum atomic E-state index is -1.13. The number of carbonyl (C=O) groups excluding carboxylic acids is 4. The fourth-order valence-electron chi connectivity index (χ4n) is 7.53. The van der Waals surface area contributed by atoms with Crippen LogP contribution < -0.4 is 20.8 Å². The number of likely N-dealkylation sites (N-methyl/N-ethyl adjacent to an activating group) is 2. The fourth-order valence-corrected chi connectivity index (χ4v) is 7.53. The van der Waals surface area contributed by atoms with Gasteiger partial charge in [-0.25, -0.2) is 0 Å². The Bertz CT molecular complexity index is 2190. The molecule has 6 rings (SSSR count). The number of carboxylic acid groups (broad SMARTS) is 2. The van der Waals surface area contributed by atoms with Crippen molar-refractivity contribution in [2.45, 2.75) is 68.5 Å². The van der Waals surface area contributed by atoms with E-state index in [9.17, 15) is 29.4 Å². The van der Waals surface area contributed by atoms with Crippen LogP contribution in [0.3, 0.4) is 0 Å². The van der Waals surface area contributed by atoms with E-state index >= 15 is 0 Å². The molecule has 10 nitrogen and oxygen atoms in total. The number of benzene rings is 6. The minimum Gasteiger partial charge on any atom is -0.545 e. The Hall–Kier alpha value is -6.88. The van der Waals surface area contributed by atoms with Crippen LogP contribution in [0.1, 0.15) is 81.8 Å². The number of rotatable bonds is 16. The molecule has 0 aliphatic carbocycles. The lowest BCUT2D eigenvalue weighted by Gasteiger charge is -2.36. The molecule has 0 aromatic heterocycles. The maximum absolute atomic E-state index is 12.7. The van der Waals surface area contributed by atoms with Crippen molar-refractivity contribution in [3.63, 3.8) is 0 Å². The van der Waals surface area contributed by atoms with Crippen molar-refractivity contribution in [2.75, 3.05) is 49.9 Å². The SMILES string of the molecule is CC[N+](CC)(CC(=O)Nc1c(C)cccc1C)Cc1ccccc1.CC[N+](CC)(CC(=O)Nc1c(C)cccc1C)Cc1ccccc1.O=C([O-])c1ccccc1.O=C([O-])c1ccccc1. The second-order valence-electron chi connectivity index (χ2n) is 16.5. The number of nitrogens with zero attached hydrogens (tertiary/aromatic N) is 2. The number of amides is 2. The third-order valence-electron chi connectivity index (χ3n) is 11.9. The van der Waals surface area contributed by atoms with Gasteiger partial charge >= 0.3 is 0 Å². The Balaban J connectivity index is 0.000000256. The molecule has 2 N–H and O–H groups in total. The van der Waals surface area contributed by atoms with Gasteiger partial charge in [-0.3, -0.25) is 9.59 Å². The molecule has 0 saturated heterocycles. The highest BCUT2D eigenvalue weighted by Crippen LogP contribution is 2.22. The smallest absolute Gasteiger partial charge is 0.279 e. The van der Waals surface area contributed by atoms with Crippen LogP contribution in [0.2, 0.25) is 0 Å². The average Bonchev–Trinajstić information content (AvgIpc) is 3.33. The number of anilines is 2. The lowest BCUT2D eigenvalue weighted by Crippen LogP contribution is -2.51. The van der Waals surface area contributed by atoms with Crippen molar-refractivity contribution >= 4 is 35.1 Å². The van der Waals surface area contributed by atoms with Crippen molar-refractivity contribution in [3.8, 4) is 0 Å². The summed E-state index contributed by atoms with van der Waals surface area (Å²) in [6.07, 6.45) is 0. The molecule has 0 atom stereocenters. The summed E-state index contributed by atoms with van der Waals surface area (Å²) in [7, 11) is 0. The Morgan fingerprint density at radius 2 is 0.652 bits per heavy atom. The number of hydrogen-bond donors (Lipinski definition) is 2. The van der Waals surface area contributed by atoms with Crippen molar-refractivity contribution in [2.24, 2.45) is 0 Å². The average molecular weight is 893 g/mol. The lowest BCUT2D eigenvalue weighted by atomic mass is 10.1. The van der Waals surface area contributed by atoms with Gasteiger partial charge in [0.1, 0.15) is 13.1 Å². The van der Waals surface area contributed by atoms with E-state index < -0.39 is 11.9 Å². The highest BCUT2D eigenvalue weighted by Gasteiger charge is 2.29. The predicted octanol–water partition coefficient (Wildman–Crippen LogP) is 8.70. The second-order valence-corrected chi connectivity index (χ2v) is 16.5. The molecule has 0 radical (unpaired) electrons. The third-order valence-corrected chi connectivity index (χ3v) is 11.9. The van der Waals surface area contributed by atoms with Gasteiger partial charge in [0.15, 0.2) is 13.1 Å². The zero-order valence-corrected chi connectivity index (χ0v) is 40.0. The number of aromatic carboxylic acids is 2. The number of aryl methyl sites for hydroxylation is 4. The van der Waals surface area contributed by atoms with E-state index in [0.29, 0.717) is 13.1 Å². The van der Waals surface area contributed by atoms with Gasteiger partial charge in [0.25, 0.3) is 11.8 Å². The zero-order chi connectivity index (χ0) is 48.5. The number of carboxylic acids is 2. The van der Waals surface area contributed by atoms with E-state index in [1.54, 1.807) is 36.4 Å². The van der Waals surface area contributed by atoms with Gasteiger partial charge in [0, 0.05) is 22.5 Å². The molecule has 0 spiro atoms. The molecule has 0 aliphatic rings. The van der Waals surface area contributed by atoms with Crippen molar-refractivity contribution in [1.82, 2.24) is 0 Å². The van der Waals surface area contributed by atoms with Crippen molar-refractivity contribution in [1.29, 1.82) is 0 Å². The van der Waals surface area contributed by atoms with Gasteiger partial charge in [-0.2, -0.15) is 0 Å². The van der Waals surface area contributed by atoms with Crippen LogP contribution in [-0.4, -0.2) is 72.0 Å². The first-order chi connectivity index (χ1) is 31.6. The highest BCUT2D eigenvalue weighted by molar-refractivity contribution is 5.94. The third kappa shape index (κ3) is 17.6. The molecule has 10 heteroatoms. The van der Waals surface area contributed by atoms with Crippen LogP contribution in [0.15, 0.2) is 158 Å². The first-order valence-electron chi connectivity index (χ1n) is 22.6. The van der Waals surface area contributed by atoms with Crippen molar-refractivity contribution < 1.29 is 38.4 Å². The summed E-state index contributed by atoms with van der Waals surface area (Å²) >= 11 is 0. The van der Waals surface area contributed by atoms with Crippen LogP contribution in [0, 0.1) is 27.7 Å². The standard InChI is InChI=1S/2C21H28N2O.2C7H6O2/c2*1-5-23(6-2,15-19-13-8-7-9-14-19)16-20(24)22-21-17(3)11-10-12-18(21)4;2*8-7(9)6-4-2-1-3-5-6/h2*7-14H,5-6,15-16H2,1-4H3;2*1-5H,(H,8,9). The molecule has 0 saturated carbocycles. The summed E-state index contributed by atoms with van der Waals surface area (Å²) in [5.41, 5.74) is 9.34. The van der Waals surface area contributed by atoms with Crippen LogP contribution in [0.25, 0.3) is 0 Å². The Morgan fingerprint density at radius 3 is 0.879 bits per heavy atom. The fraction of sp³-hybridized carbons (Fsp3) is 0.286. The maximum Gasteiger partial charge on any atom is 0.279 e. The molecular formula is C56H68N4O6. The zero-order valence-electron chi connectivity index (χ0n) is 40.0. The molecule has 0 heterocycles. The Kier molecular flexibility index (Phi) is 22.2. The van der Waals surface area contributed by atoms with Gasteiger partial charge in [0.2, 0.25) is 0 Å². The number of carbonyl (C=O) groups is 4. The Morgan fingerprint density at radius 1 is 0.394 bits per heavy atom. The highest BCUT2D eigenvalue weighted by atomic mass is 16.4. The molecule has 348 valence electrons. The number of hydrogen-bond acceptors (Lipinski definition) is 6. The van der Waals surface area contributed by atoms with Crippen LogP contribution in [-0.2, 0) is 22.7 Å². The van der Waals surface area contributed by atoms with Gasteiger partial charge < -0.3 is 39.4 Å². The first-order valence-corrected chi connectivity index (χ1v) is 22.6. The van der Waals surface area contributed by atoms with Crippen LogP contribution >= 0.6 is 0 Å². The van der Waals surface area contributed by atoms with E-state index in [1.165, 1.54) is 35.4 Å².